The summed E-state index contributed by atoms with van der Waals surface area (Å²) in [5.74, 6) is -1.04. The molecule has 0 saturated carbocycles. The lowest BCUT2D eigenvalue weighted by Gasteiger charge is -2.47. The summed E-state index contributed by atoms with van der Waals surface area (Å²) in [4.78, 5) is 17.7. The third-order valence-corrected chi connectivity index (χ3v) is 5.57. The highest BCUT2D eigenvalue weighted by molar-refractivity contribution is 7.13. The van der Waals surface area contributed by atoms with Crippen LogP contribution in [0.2, 0.25) is 0 Å². The summed E-state index contributed by atoms with van der Waals surface area (Å²) in [6, 6.07) is 0.719. The number of piperidine rings is 2. The van der Waals surface area contributed by atoms with Gasteiger partial charge >= 0.3 is 5.97 Å². The van der Waals surface area contributed by atoms with Crippen molar-refractivity contribution in [3.63, 3.8) is 0 Å². The van der Waals surface area contributed by atoms with Gasteiger partial charge in [0.05, 0.1) is 5.69 Å². The topological polar surface area (TPSA) is 91.5 Å². The Morgan fingerprint density at radius 3 is 2.81 bits per heavy atom. The van der Waals surface area contributed by atoms with Gasteiger partial charge in [0.25, 0.3) is 0 Å². The molecule has 2 fully saturated rings. The Bertz CT molecular complexity index is 507. The van der Waals surface area contributed by atoms with E-state index in [2.05, 4.69) is 22.2 Å². The van der Waals surface area contributed by atoms with Crippen molar-refractivity contribution in [3.8, 4) is 0 Å². The van der Waals surface area contributed by atoms with E-state index in [1.807, 2.05) is 0 Å². The van der Waals surface area contributed by atoms with Crippen molar-refractivity contribution >= 4 is 22.4 Å². The number of carboxylic acids is 1. The van der Waals surface area contributed by atoms with Crippen LogP contribution in [0.3, 0.4) is 0 Å². The van der Waals surface area contributed by atoms with Crippen molar-refractivity contribution < 1.29 is 9.90 Å². The van der Waals surface area contributed by atoms with Crippen molar-refractivity contribution in [1.29, 1.82) is 0 Å². The Labute approximate surface area is 128 Å². The molecule has 21 heavy (non-hydrogen) atoms. The summed E-state index contributed by atoms with van der Waals surface area (Å²) >= 11 is 1.44. The van der Waals surface area contributed by atoms with Gasteiger partial charge < -0.3 is 21.1 Å². The quantitative estimate of drug-likeness (QED) is 0.783. The predicted molar refractivity (Wildman–Crippen MR) is 82.5 cm³/mol. The Hall–Kier alpha value is -1.18. The molecule has 2 aliphatic heterocycles. The van der Waals surface area contributed by atoms with Gasteiger partial charge in [-0.3, -0.25) is 4.79 Å². The van der Waals surface area contributed by atoms with Crippen molar-refractivity contribution in [1.82, 2.24) is 9.88 Å². The second-order valence-corrected chi connectivity index (χ2v) is 6.97. The Morgan fingerprint density at radius 2 is 2.19 bits per heavy atom. The monoisotopic (exact) mass is 310 g/mol. The first-order chi connectivity index (χ1) is 10.0. The van der Waals surface area contributed by atoms with Gasteiger partial charge in [0.15, 0.2) is 5.13 Å². The van der Waals surface area contributed by atoms with Crippen LogP contribution in [0.15, 0.2) is 5.38 Å². The predicted octanol–water partition coefficient (Wildman–Crippen LogP) is 1.65. The summed E-state index contributed by atoms with van der Waals surface area (Å²) in [6.07, 6.45) is 6.15. The Kier molecular flexibility index (Phi) is 4.14. The number of rotatable bonds is 4. The highest BCUT2D eigenvalue weighted by Crippen LogP contribution is 2.34. The summed E-state index contributed by atoms with van der Waals surface area (Å²) in [7, 11) is 2.23. The number of carboxylic acid groups (broad SMARTS) is 1. The van der Waals surface area contributed by atoms with Crippen LogP contribution < -0.4 is 11.1 Å². The minimum Gasteiger partial charge on any atom is -0.480 e. The van der Waals surface area contributed by atoms with Crippen molar-refractivity contribution in [2.75, 3.05) is 12.4 Å². The number of nitrogens with zero attached hydrogens (tertiary/aromatic N) is 2. The van der Waals surface area contributed by atoms with Crippen LogP contribution in [-0.2, 0) is 4.79 Å². The number of aromatic nitrogens is 1. The fourth-order valence-electron chi connectivity index (χ4n) is 3.53. The van der Waals surface area contributed by atoms with Crippen LogP contribution >= 0.6 is 11.3 Å². The maximum absolute atomic E-state index is 10.9. The van der Waals surface area contributed by atoms with Crippen LogP contribution in [0.25, 0.3) is 0 Å². The molecular formula is C14H22N4O2S. The number of nitrogens with one attached hydrogen (secondary N) is 1. The average Bonchev–Trinajstić information content (AvgIpc) is 2.87. The summed E-state index contributed by atoms with van der Waals surface area (Å²) in [5, 5.41) is 14.9. The van der Waals surface area contributed by atoms with Gasteiger partial charge in [-0.1, -0.05) is 6.42 Å². The van der Waals surface area contributed by atoms with Gasteiger partial charge in [0.1, 0.15) is 6.04 Å². The standard InChI is InChI=1S/C14H22N4O2S/c1-18-9-3-2-4-10(18)6-8(5-9)16-14-17-11(7-21-14)12(15)13(19)20/h7-10,12H,2-6,15H2,1H3,(H,16,17)(H,19,20). The molecule has 2 saturated heterocycles. The minimum absolute atomic E-state index is 0.427. The van der Waals surface area contributed by atoms with Crippen LogP contribution in [0.5, 0.6) is 0 Å². The number of fused-ring (bicyclic) bond motifs is 2. The number of hydrogen-bond donors (Lipinski definition) is 3. The van der Waals surface area contributed by atoms with E-state index in [4.69, 9.17) is 10.8 Å². The molecule has 0 aliphatic carbocycles. The first kappa shape index (κ1) is 14.7. The zero-order valence-electron chi connectivity index (χ0n) is 12.2. The third kappa shape index (κ3) is 3.04. The molecule has 0 radical (unpaired) electrons. The van der Waals surface area contributed by atoms with Crippen LogP contribution in [-0.4, -0.2) is 46.1 Å². The van der Waals surface area contributed by atoms with Gasteiger partial charge in [-0.15, -0.1) is 11.3 Å². The Morgan fingerprint density at radius 1 is 1.52 bits per heavy atom. The smallest absolute Gasteiger partial charge is 0.326 e. The van der Waals surface area contributed by atoms with Crippen LogP contribution in [0.1, 0.15) is 43.8 Å². The van der Waals surface area contributed by atoms with E-state index in [-0.39, 0.29) is 0 Å². The molecule has 1 aromatic heterocycles. The molecular weight excluding hydrogens is 288 g/mol. The van der Waals surface area contributed by atoms with E-state index in [1.165, 1.54) is 30.6 Å². The lowest BCUT2D eigenvalue weighted by atomic mass is 9.82. The van der Waals surface area contributed by atoms with Crippen molar-refractivity contribution in [2.24, 2.45) is 5.73 Å². The molecule has 3 unspecified atom stereocenters. The van der Waals surface area contributed by atoms with Crippen LogP contribution in [0, 0.1) is 0 Å². The first-order valence-electron chi connectivity index (χ1n) is 7.47. The van der Waals surface area contributed by atoms with Gasteiger partial charge in [-0.05, 0) is 32.7 Å². The highest BCUT2D eigenvalue weighted by Gasteiger charge is 2.36. The summed E-state index contributed by atoms with van der Waals surface area (Å²) in [6.45, 7) is 0. The molecule has 0 amide bonds. The van der Waals surface area contributed by atoms with Gasteiger partial charge in [-0.25, -0.2) is 4.98 Å². The molecule has 4 N–H and O–H groups in total. The molecule has 2 bridgehead atoms. The zero-order valence-corrected chi connectivity index (χ0v) is 13.0. The number of aliphatic carboxylic acids is 1. The van der Waals surface area contributed by atoms with Gasteiger partial charge in [-0.2, -0.15) is 0 Å². The molecule has 7 heteroatoms. The molecule has 3 heterocycles. The minimum atomic E-state index is -1.04. The molecule has 2 aliphatic rings. The molecule has 116 valence electrons. The molecule has 1 aromatic rings. The number of thiazole rings is 1. The number of nitrogens with two attached hydrogens (primary N) is 1. The fraction of sp³-hybridized carbons (Fsp3) is 0.714. The summed E-state index contributed by atoms with van der Waals surface area (Å²) < 4.78 is 0. The number of hydrogen-bond acceptors (Lipinski definition) is 6. The first-order valence-corrected chi connectivity index (χ1v) is 8.35. The van der Waals surface area contributed by atoms with Gasteiger partial charge in [0.2, 0.25) is 0 Å². The summed E-state index contributed by atoms with van der Waals surface area (Å²) in [5.41, 5.74) is 6.02. The van der Waals surface area contributed by atoms with E-state index in [0.29, 0.717) is 23.8 Å². The van der Waals surface area contributed by atoms with Crippen LogP contribution in [0.4, 0.5) is 5.13 Å². The van der Waals surface area contributed by atoms with E-state index >= 15 is 0 Å². The average molecular weight is 310 g/mol. The maximum Gasteiger partial charge on any atom is 0.326 e. The molecule has 0 aromatic carbocycles. The molecule has 0 spiro atoms. The van der Waals surface area contributed by atoms with Gasteiger partial charge in [0, 0.05) is 23.5 Å². The fourth-order valence-corrected chi connectivity index (χ4v) is 4.35. The lowest BCUT2D eigenvalue weighted by molar-refractivity contribution is -0.138. The molecule has 3 rings (SSSR count). The van der Waals surface area contributed by atoms with E-state index in [0.717, 1.165) is 18.0 Å². The molecule has 3 atom stereocenters. The van der Waals surface area contributed by atoms with E-state index in [1.54, 1.807) is 5.38 Å². The third-order valence-electron chi connectivity index (χ3n) is 4.77. The highest BCUT2D eigenvalue weighted by atomic mass is 32.1. The number of anilines is 1. The SMILES string of the molecule is CN1C2CCCC1CC(Nc1nc(C(N)C(=O)O)cs1)C2. The van der Waals surface area contributed by atoms with Crippen molar-refractivity contribution in [3.05, 3.63) is 11.1 Å². The van der Waals surface area contributed by atoms with E-state index < -0.39 is 12.0 Å². The zero-order chi connectivity index (χ0) is 15.0. The van der Waals surface area contributed by atoms with Crippen molar-refractivity contribution in [2.45, 2.75) is 56.3 Å². The normalized spacial score (nSPS) is 30.9. The second-order valence-electron chi connectivity index (χ2n) is 6.11. The molecule has 6 nitrogen and oxygen atoms in total. The van der Waals surface area contributed by atoms with E-state index in [9.17, 15) is 4.79 Å². The second kappa shape index (κ2) is 5.90. The Balaban J connectivity index is 1.63. The maximum atomic E-state index is 10.9. The number of carbonyl (C=O) groups is 1. The lowest BCUT2D eigenvalue weighted by Crippen LogP contribution is -2.52. The largest absolute Gasteiger partial charge is 0.480 e.